The summed E-state index contributed by atoms with van der Waals surface area (Å²) in [5.74, 6) is 0. The maximum absolute atomic E-state index is 4.02. The first-order valence-electron chi connectivity index (χ1n) is 13.4. The van der Waals surface area contributed by atoms with Gasteiger partial charge in [-0.25, -0.2) is 0 Å². The van der Waals surface area contributed by atoms with Crippen LogP contribution in [0.3, 0.4) is 0 Å². The highest BCUT2D eigenvalue weighted by molar-refractivity contribution is 5.52. The molecule has 0 saturated carbocycles. The molecular weight excluding hydrogens is 460 g/mol. The molecule has 5 aromatic rings. The summed E-state index contributed by atoms with van der Waals surface area (Å²) in [5, 5.41) is 0. The zero-order valence-corrected chi connectivity index (χ0v) is 22.5. The van der Waals surface area contributed by atoms with Crippen LogP contribution in [0.1, 0.15) is 45.0 Å². The van der Waals surface area contributed by atoms with Crippen LogP contribution in [-0.4, -0.2) is 9.13 Å². The lowest BCUT2D eigenvalue weighted by Crippen LogP contribution is -2.06. The van der Waals surface area contributed by atoms with Crippen molar-refractivity contribution in [1.82, 2.24) is 9.13 Å². The molecule has 38 heavy (non-hydrogen) atoms. The van der Waals surface area contributed by atoms with E-state index in [4.69, 9.17) is 0 Å². The fourth-order valence-corrected chi connectivity index (χ4v) is 5.49. The van der Waals surface area contributed by atoms with Crippen molar-refractivity contribution < 1.29 is 0 Å². The molecule has 0 spiro atoms. The minimum absolute atomic E-state index is 0.983. The van der Waals surface area contributed by atoms with Crippen molar-refractivity contribution in [3.63, 3.8) is 0 Å². The van der Waals surface area contributed by atoms with Gasteiger partial charge in [0.25, 0.3) is 0 Å². The summed E-state index contributed by atoms with van der Waals surface area (Å²) in [7, 11) is 0. The molecule has 0 amide bonds. The van der Waals surface area contributed by atoms with E-state index in [1.807, 2.05) is 12.2 Å². The average Bonchev–Trinajstić information content (AvgIpc) is 3.57. The highest BCUT2D eigenvalue weighted by Gasteiger charge is 2.12. The van der Waals surface area contributed by atoms with Crippen LogP contribution in [0, 0.1) is 13.8 Å². The number of aromatic nitrogens is 2. The number of rotatable bonds is 10. The molecule has 0 radical (unpaired) electrons. The Labute approximate surface area is 227 Å². The highest BCUT2D eigenvalue weighted by Crippen LogP contribution is 2.24. The van der Waals surface area contributed by atoms with Gasteiger partial charge < -0.3 is 9.13 Å². The molecule has 190 valence electrons. The molecule has 3 aromatic carbocycles. The maximum Gasteiger partial charge on any atom is 0.0458 e. The molecule has 0 aliphatic rings. The molecular formula is C36H36N2. The zero-order valence-electron chi connectivity index (χ0n) is 22.5. The van der Waals surface area contributed by atoms with Gasteiger partial charge in [-0.1, -0.05) is 61.7 Å². The Balaban J connectivity index is 1.33. The molecule has 2 aromatic heterocycles. The van der Waals surface area contributed by atoms with Gasteiger partial charge in [0.15, 0.2) is 0 Å². The molecule has 2 heterocycles. The Kier molecular flexibility index (Phi) is 7.60. The van der Waals surface area contributed by atoms with Gasteiger partial charge in [-0.3, -0.25) is 0 Å². The summed E-state index contributed by atoms with van der Waals surface area (Å²) in [4.78, 5) is 0. The van der Waals surface area contributed by atoms with Gasteiger partial charge in [0, 0.05) is 34.2 Å². The quantitative estimate of drug-likeness (QED) is 0.183. The molecule has 2 heteroatoms. The lowest BCUT2D eigenvalue weighted by Gasteiger charge is -2.16. The second-order valence-corrected chi connectivity index (χ2v) is 9.95. The topological polar surface area (TPSA) is 9.86 Å². The smallest absolute Gasteiger partial charge is 0.0458 e. The zero-order chi connectivity index (χ0) is 26.5. The molecule has 0 unspecified atom stereocenters. The summed E-state index contributed by atoms with van der Waals surface area (Å²) in [6.45, 7) is 12.6. The van der Waals surface area contributed by atoms with E-state index in [0.717, 1.165) is 37.1 Å². The number of hydrogen-bond donors (Lipinski definition) is 0. The first-order chi connectivity index (χ1) is 18.6. The van der Waals surface area contributed by atoms with E-state index in [0.29, 0.717) is 0 Å². The SMILES string of the molecule is C=Cc1ccc(CCc2cc(C)c(CCc3ccc(C=C)n3-c3ccccc3)cc2C)n1-c1ccccc1. The van der Waals surface area contributed by atoms with Crippen LogP contribution in [0.15, 0.2) is 110 Å². The van der Waals surface area contributed by atoms with Crippen LogP contribution >= 0.6 is 0 Å². The maximum atomic E-state index is 4.02. The third-order valence-electron chi connectivity index (χ3n) is 7.53. The van der Waals surface area contributed by atoms with E-state index >= 15 is 0 Å². The minimum Gasteiger partial charge on any atom is -0.314 e. The second-order valence-electron chi connectivity index (χ2n) is 9.95. The third kappa shape index (κ3) is 5.21. The monoisotopic (exact) mass is 496 g/mol. The Morgan fingerprint density at radius 1 is 0.526 bits per heavy atom. The minimum atomic E-state index is 0.983. The largest absolute Gasteiger partial charge is 0.314 e. The molecule has 0 bridgehead atoms. The molecule has 0 aliphatic carbocycles. The van der Waals surface area contributed by atoms with Gasteiger partial charge in [0.2, 0.25) is 0 Å². The summed E-state index contributed by atoms with van der Waals surface area (Å²) in [6, 6.07) is 34.7. The number of para-hydroxylation sites is 2. The molecule has 5 rings (SSSR count). The van der Waals surface area contributed by atoms with E-state index in [1.165, 1.54) is 45.0 Å². The van der Waals surface area contributed by atoms with Crippen LogP contribution in [0.25, 0.3) is 23.5 Å². The first-order valence-corrected chi connectivity index (χ1v) is 13.4. The number of nitrogens with zero attached hydrogens (tertiary/aromatic N) is 2. The van der Waals surface area contributed by atoms with Gasteiger partial charge in [-0.05, 0) is 122 Å². The molecule has 0 saturated heterocycles. The van der Waals surface area contributed by atoms with Crippen molar-refractivity contribution in [1.29, 1.82) is 0 Å². The summed E-state index contributed by atoms with van der Waals surface area (Å²) in [6.07, 6.45) is 7.87. The highest BCUT2D eigenvalue weighted by atomic mass is 15.0. The fraction of sp³-hybridized carbons (Fsp3) is 0.167. The molecule has 0 N–H and O–H groups in total. The average molecular weight is 497 g/mol. The number of hydrogen-bond acceptors (Lipinski definition) is 0. The molecule has 2 nitrogen and oxygen atoms in total. The molecule has 0 fully saturated rings. The Morgan fingerprint density at radius 3 is 1.29 bits per heavy atom. The predicted molar refractivity (Wildman–Crippen MR) is 162 cm³/mol. The van der Waals surface area contributed by atoms with Crippen molar-refractivity contribution in [2.45, 2.75) is 39.5 Å². The lowest BCUT2D eigenvalue weighted by atomic mass is 9.94. The Bertz CT molecular complexity index is 1430. The van der Waals surface area contributed by atoms with Gasteiger partial charge in [-0.2, -0.15) is 0 Å². The summed E-state index contributed by atoms with van der Waals surface area (Å²) < 4.78 is 4.64. The predicted octanol–water partition coefficient (Wildman–Crippen LogP) is 8.74. The van der Waals surface area contributed by atoms with E-state index in [1.54, 1.807) is 0 Å². The Morgan fingerprint density at radius 2 is 0.921 bits per heavy atom. The number of benzene rings is 3. The van der Waals surface area contributed by atoms with Crippen molar-refractivity contribution in [2.24, 2.45) is 0 Å². The number of aryl methyl sites for hydroxylation is 6. The van der Waals surface area contributed by atoms with E-state index in [2.05, 4.69) is 133 Å². The Hall–Kier alpha value is -4.30. The van der Waals surface area contributed by atoms with E-state index < -0.39 is 0 Å². The van der Waals surface area contributed by atoms with Crippen molar-refractivity contribution in [3.05, 3.63) is 155 Å². The van der Waals surface area contributed by atoms with Crippen LogP contribution in [0.4, 0.5) is 0 Å². The molecule has 0 aliphatic heterocycles. The normalized spacial score (nSPS) is 11.0. The van der Waals surface area contributed by atoms with Gasteiger partial charge in [0.1, 0.15) is 0 Å². The molecule has 0 atom stereocenters. The second kappa shape index (κ2) is 11.4. The van der Waals surface area contributed by atoms with Crippen LogP contribution in [0.2, 0.25) is 0 Å². The van der Waals surface area contributed by atoms with Crippen LogP contribution in [-0.2, 0) is 25.7 Å². The van der Waals surface area contributed by atoms with E-state index in [9.17, 15) is 0 Å². The first kappa shape index (κ1) is 25.4. The third-order valence-corrected chi connectivity index (χ3v) is 7.53. The van der Waals surface area contributed by atoms with Gasteiger partial charge in [0.05, 0.1) is 0 Å². The van der Waals surface area contributed by atoms with Crippen molar-refractivity contribution in [2.75, 3.05) is 0 Å². The summed E-state index contributed by atoms with van der Waals surface area (Å²) in [5.41, 5.74) is 12.9. The van der Waals surface area contributed by atoms with Crippen LogP contribution < -0.4 is 0 Å². The van der Waals surface area contributed by atoms with Crippen molar-refractivity contribution in [3.8, 4) is 11.4 Å². The van der Waals surface area contributed by atoms with Crippen LogP contribution in [0.5, 0.6) is 0 Å². The fourth-order valence-electron chi connectivity index (χ4n) is 5.49. The van der Waals surface area contributed by atoms with E-state index in [-0.39, 0.29) is 0 Å². The lowest BCUT2D eigenvalue weighted by molar-refractivity contribution is 0.843. The van der Waals surface area contributed by atoms with Gasteiger partial charge in [-0.15, -0.1) is 0 Å². The van der Waals surface area contributed by atoms with Gasteiger partial charge >= 0.3 is 0 Å². The van der Waals surface area contributed by atoms with Crippen molar-refractivity contribution >= 4 is 12.2 Å². The summed E-state index contributed by atoms with van der Waals surface area (Å²) >= 11 is 0. The standard InChI is InChI=1S/C36H36N2/c1-5-31-21-23-35(37(31)33-13-9-7-10-14-33)19-17-29-25-28(4)30(26-27(29)3)18-20-36-24-22-32(6-2)38(36)34-15-11-8-12-16-34/h5-16,21-26H,1-2,17-20H2,3-4H3.